The van der Waals surface area contributed by atoms with Gasteiger partial charge in [-0.25, -0.2) is 9.97 Å². The Balaban J connectivity index is 2.04. The molecule has 3 rings (SSSR count). The number of aliphatic hydroxyl groups is 3. The van der Waals surface area contributed by atoms with Crippen LogP contribution < -0.4 is 5.73 Å². The zero-order valence-corrected chi connectivity index (χ0v) is 9.92. The van der Waals surface area contributed by atoms with E-state index in [1.807, 2.05) is 0 Å². The van der Waals surface area contributed by atoms with E-state index in [0.717, 1.165) is 0 Å². The van der Waals surface area contributed by atoms with Crippen molar-refractivity contribution in [3.05, 3.63) is 24.3 Å². The molecule has 4 atom stereocenters. The second-order valence-electron chi connectivity index (χ2n) is 4.45. The minimum atomic E-state index is -1.14. The second kappa shape index (κ2) is 4.42. The van der Waals surface area contributed by atoms with Gasteiger partial charge in [-0.3, -0.25) is 4.40 Å². The molecule has 19 heavy (non-hydrogen) atoms. The van der Waals surface area contributed by atoms with E-state index in [9.17, 15) is 10.2 Å². The molecule has 2 aromatic heterocycles. The third-order valence-corrected chi connectivity index (χ3v) is 3.32. The largest absolute Gasteiger partial charge is 0.394 e. The predicted octanol–water partition coefficient (Wildman–Crippen LogP) is -1.53. The van der Waals surface area contributed by atoms with Crippen molar-refractivity contribution in [2.75, 3.05) is 12.3 Å². The molecule has 1 aliphatic rings. The number of imidazole rings is 1. The van der Waals surface area contributed by atoms with Gasteiger partial charge in [0.2, 0.25) is 0 Å². The maximum absolute atomic E-state index is 9.99. The van der Waals surface area contributed by atoms with Crippen molar-refractivity contribution >= 4 is 11.5 Å². The number of nitrogens with zero attached hydrogens (tertiary/aromatic N) is 3. The van der Waals surface area contributed by atoms with Crippen LogP contribution in [0, 0.1) is 0 Å². The lowest BCUT2D eigenvalue weighted by atomic mass is 10.1. The molecule has 8 nitrogen and oxygen atoms in total. The summed E-state index contributed by atoms with van der Waals surface area (Å²) >= 11 is 0. The van der Waals surface area contributed by atoms with E-state index in [0.29, 0.717) is 11.3 Å². The first kappa shape index (κ1) is 12.3. The van der Waals surface area contributed by atoms with Crippen LogP contribution in [0.2, 0.25) is 0 Å². The normalized spacial score (nSPS) is 31.1. The first-order chi connectivity index (χ1) is 9.13. The number of nitrogen functional groups attached to an aromatic ring is 1. The molecule has 102 valence electrons. The van der Waals surface area contributed by atoms with Crippen molar-refractivity contribution < 1.29 is 20.1 Å². The number of fused-ring (bicyclic) bond motifs is 1. The molecular formula is C11H14N4O4. The Morgan fingerprint density at radius 1 is 1.32 bits per heavy atom. The third-order valence-electron chi connectivity index (χ3n) is 3.32. The number of aromatic nitrogens is 3. The average molecular weight is 266 g/mol. The van der Waals surface area contributed by atoms with Gasteiger partial charge in [0, 0.05) is 12.4 Å². The fourth-order valence-electron chi connectivity index (χ4n) is 2.31. The molecule has 1 saturated heterocycles. The highest BCUT2D eigenvalue weighted by molar-refractivity contribution is 5.59. The van der Waals surface area contributed by atoms with Gasteiger partial charge in [-0.2, -0.15) is 0 Å². The van der Waals surface area contributed by atoms with E-state index < -0.39 is 24.4 Å². The molecule has 0 saturated carbocycles. The van der Waals surface area contributed by atoms with Crippen molar-refractivity contribution in [1.29, 1.82) is 0 Å². The van der Waals surface area contributed by atoms with Gasteiger partial charge in [-0.1, -0.05) is 0 Å². The molecule has 5 N–H and O–H groups in total. The Hall–Kier alpha value is -1.74. The molecule has 1 fully saturated rings. The van der Waals surface area contributed by atoms with Crippen LogP contribution in [0.15, 0.2) is 18.6 Å². The summed E-state index contributed by atoms with van der Waals surface area (Å²) in [5.41, 5.74) is 6.70. The molecule has 0 aliphatic carbocycles. The molecule has 0 spiro atoms. The van der Waals surface area contributed by atoms with Gasteiger partial charge in [0.05, 0.1) is 18.5 Å². The molecule has 0 aromatic carbocycles. The highest BCUT2D eigenvalue weighted by Gasteiger charge is 2.44. The van der Waals surface area contributed by atoms with Crippen LogP contribution in [-0.2, 0) is 4.74 Å². The number of ether oxygens (including phenoxy) is 1. The van der Waals surface area contributed by atoms with Crippen molar-refractivity contribution in [1.82, 2.24) is 14.4 Å². The minimum Gasteiger partial charge on any atom is -0.394 e. The van der Waals surface area contributed by atoms with E-state index in [-0.39, 0.29) is 12.4 Å². The zero-order valence-electron chi connectivity index (χ0n) is 9.92. The van der Waals surface area contributed by atoms with Crippen LogP contribution in [0.25, 0.3) is 5.65 Å². The Morgan fingerprint density at radius 3 is 2.79 bits per heavy atom. The van der Waals surface area contributed by atoms with E-state index in [1.165, 1.54) is 12.4 Å². The minimum absolute atomic E-state index is 0.264. The fourth-order valence-corrected chi connectivity index (χ4v) is 2.31. The second-order valence-corrected chi connectivity index (χ2v) is 4.45. The first-order valence-corrected chi connectivity index (χ1v) is 5.83. The lowest BCUT2D eigenvalue weighted by Crippen LogP contribution is -2.32. The molecule has 0 amide bonds. The molecule has 0 bridgehead atoms. The van der Waals surface area contributed by atoms with E-state index in [2.05, 4.69) is 9.97 Å². The number of anilines is 1. The van der Waals surface area contributed by atoms with Gasteiger partial charge in [0.25, 0.3) is 0 Å². The maximum Gasteiger partial charge on any atom is 0.180 e. The van der Waals surface area contributed by atoms with Gasteiger partial charge in [0.1, 0.15) is 24.4 Å². The molecule has 3 heterocycles. The lowest BCUT2D eigenvalue weighted by molar-refractivity contribution is -0.0241. The molecule has 8 heteroatoms. The summed E-state index contributed by atoms with van der Waals surface area (Å²) in [4.78, 5) is 8.03. The van der Waals surface area contributed by atoms with E-state index in [4.69, 9.17) is 15.6 Å². The van der Waals surface area contributed by atoms with Crippen LogP contribution in [-0.4, -0.2) is 54.6 Å². The van der Waals surface area contributed by atoms with Gasteiger partial charge in [-0.15, -0.1) is 0 Å². The molecule has 1 aliphatic heterocycles. The zero-order chi connectivity index (χ0) is 13.6. The van der Waals surface area contributed by atoms with Crippen molar-refractivity contribution in [2.45, 2.75) is 24.4 Å². The number of nitrogens with two attached hydrogens (primary N) is 1. The third kappa shape index (κ3) is 1.77. The molecule has 4 unspecified atom stereocenters. The summed E-state index contributed by atoms with van der Waals surface area (Å²) in [5, 5.41) is 28.8. The highest BCUT2D eigenvalue weighted by Crippen LogP contribution is 2.33. The summed E-state index contributed by atoms with van der Waals surface area (Å²) in [7, 11) is 0. The Labute approximate surface area is 108 Å². The van der Waals surface area contributed by atoms with Crippen LogP contribution in [0.4, 0.5) is 5.82 Å². The number of hydrogen-bond acceptors (Lipinski definition) is 7. The SMILES string of the molecule is Nc1nccn2c(C3OC(CO)C(O)C3O)cnc12. The van der Waals surface area contributed by atoms with Crippen LogP contribution in [0.1, 0.15) is 11.8 Å². The first-order valence-electron chi connectivity index (χ1n) is 5.83. The quantitative estimate of drug-likeness (QED) is 0.519. The standard InChI is InChI=1S/C11H14N4O4/c12-10-11-14-3-5(15(11)2-1-13-10)9-8(18)7(17)6(4-16)19-9/h1-3,6-9,16-18H,4H2,(H2,12,13). The highest BCUT2D eigenvalue weighted by atomic mass is 16.6. The van der Waals surface area contributed by atoms with Gasteiger partial charge in [0.15, 0.2) is 11.5 Å². The lowest BCUT2D eigenvalue weighted by Gasteiger charge is -2.14. The summed E-state index contributed by atoms with van der Waals surface area (Å²) < 4.78 is 7.10. The van der Waals surface area contributed by atoms with Crippen LogP contribution in [0.3, 0.4) is 0 Å². The van der Waals surface area contributed by atoms with Crippen molar-refractivity contribution in [2.24, 2.45) is 0 Å². The number of hydrogen-bond donors (Lipinski definition) is 4. The fraction of sp³-hybridized carbons (Fsp3) is 0.455. The summed E-state index contributed by atoms with van der Waals surface area (Å²) in [5.74, 6) is 0.264. The summed E-state index contributed by atoms with van der Waals surface area (Å²) in [6, 6.07) is 0. The predicted molar refractivity (Wildman–Crippen MR) is 64.1 cm³/mol. The van der Waals surface area contributed by atoms with Gasteiger partial charge >= 0.3 is 0 Å². The molecule has 2 aromatic rings. The van der Waals surface area contributed by atoms with Crippen molar-refractivity contribution in [3.8, 4) is 0 Å². The molecular weight excluding hydrogens is 252 g/mol. The van der Waals surface area contributed by atoms with Crippen LogP contribution in [0.5, 0.6) is 0 Å². The average Bonchev–Trinajstić information content (AvgIpc) is 2.94. The monoisotopic (exact) mass is 266 g/mol. The van der Waals surface area contributed by atoms with Gasteiger partial charge in [-0.05, 0) is 0 Å². The van der Waals surface area contributed by atoms with Gasteiger partial charge < -0.3 is 25.8 Å². The van der Waals surface area contributed by atoms with E-state index >= 15 is 0 Å². The smallest absolute Gasteiger partial charge is 0.180 e. The Bertz CT molecular complexity index is 601. The van der Waals surface area contributed by atoms with E-state index in [1.54, 1.807) is 10.6 Å². The Kier molecular flexibility index (Phi) is 2.86. The summed E-state index contributed by atoms with van der Waals surface area (Å²) in [6.45, 7) is -0.366. The van der Waals surface area contributed by atoms with Crippen LogP contribution >= 0.6 is 0 Å². The van der Waals surface area contributed by atoms with Crippen molar-refractivity contribution in [3.63, 3.8) is 0 Å². The topological polar surface area (TPSA) is 126 Å². The number of aliphatic hydroxyl groups excluding tert-OH is 3. The summed E-state index contributed by atoms with van der Waals surface area (Å²) in [6.07, 6.45) is 0.797. The molecule has 0 radical (unpaired) electrons. The maximum atomic E-state index is 9.99. The Morgan fingerprint density at radius 2 is 2.11 bits per heavy atom. The number of rotatable bonds is 2.